The molecule has 2 heterocycles. The van der Waals surface area contributed by atoms with Gasteiger partial charge < -0.3 is 4.98 Å². The number of nitrogens with zero attached hydrogens (tertiary/aromatic N) is 1. The van der Waals surface area contributed by atoms with Crippen molar-refractivity contribution in [1.29, 1.82) is 0 Å². The molecule has 2 aromatic rings. The molecule has 2 rings (SSSR count). The number of aromatic amines is 1. The number of nitrogens with one attached hydrogen (secondary N) is 1. The van der Waals surface area contributed by atoms with Crippen molar-refractivity contribution in [3.8, 4) is 10.6 Å². The van der Waals surface area contributed by atoms with Crippen LogP contribution >= 0.6 is 11.3 Å². The average Bonchev–Trinajstić information content (AvgIpc) is 2.67. The zero-order chi connectivity index (χ0) is 10.8. The van der Waals surface area contributed by atoms with Crippen LogP contribution in [0.5, 0.6) is 0 Å². The number of hydrogen-bond donors (Lipinski definition) is 1. The lowest BCUT2D eigenvalue weighted by Gasteiger charge is -1.92. The number of hydrogen-bond acceptors (Lipinski definition) is 4. The number of rotatable bonds is 2. The monoisotopic (exact) mass is 220 g/mol. The van der Waals surface area contributed by atoms with Gasteiger partial charge in [-0.2, -0.15) is 0 Å². The SMILES string of the molecule is CC(=O)c1cnc(-c2ccc[nH]c2=O)s1. The lowest BCUT2D eigenvalue weighted by atomic mass is 10.3. The zero-order valence-electron chi connectivity index (χ0n) is 7.98. The molecule has 0 atom stereocenters. The van der Waals surface area contributed by atoms with E-state index in [1.54, 1.807) is 18.3 Å². The molecular weight excluding hydrogens is 212 g/mol. The van der Waals surface area contributed by atoms with Crippen molar-refractivity contribution in [2.45, 2.75) is 6.92 Å². The summed E-state index contributed by atoms with van der Waals surface area (Å²) >= 11 is 1.23. The third-order valence-electron chi connectivity index (χ3n) is 1.90. The number of aromatic nitrogens is 2. The van der Waals surface area contributed by atoms with Crippen LogP contribution in [0.25, 0.3) is 10.6 Å². The van der Waals surface area contributed by atoms with Crippen LogP contribution in [0.15, 0.2) is 29.3 Å². The van der Waals surface area contributed by atoms with Gasteiger partial charge in [0.15, 0.2) is 5.78 Å². The molecule has 0 aromatic carbocycles. The van der Waals surface area contributed by atoms with E-state index in [2.05, 4.69) is 9.97 Å². The van der Waals surface area contributed by atoms with Crippen molar-refractivity contribution in [2.24, 2.45) is 0 Å². The highest BCUT2D eigenvalue weighted by Crippen LogP contribution is 2.22. The van der Waals surface area contributed by atoms with Crippen LogP contribution in [0, 0.1) is 0 Å². The number of carbonyl (C=O) groups is 1. The van der Waals surface area contributed by atoms with Gasteiger partial charge >= 0.3 is 0 Å². The Morgan fingerprint density at radius 1 is 1.53 bits per heavy atom. The van der Waals surface area contributed by atoms with E-state index in [0.717, 1.165) is 0 Å². The van der Waals surface area contributed by atoms with E-state index >= 15 is 0 Å². The van der Waals surface area contributed by atoms with Crippen molar-refractivity contribution in [3.63, 3.8) is 0 Å². The summed E-state index contributed by atoms with van der Waals surface area (Å²) in [5, 5.41) is 0.571. The standard InChI is InChI=1S/C10H8N2O2S/c1-6(13)8-5-12-10(15-8)7-3-2-4-11-9(7)14/h2-5H,1H3,(H,11,14). The lowest BCUT2D eigenvalue weighted by Crippen LogP contribution is -2.06. The lowest BCUT2D eigenvalue weighted by molar-refractivity contribution is 0.102. The first-order valence-electron chi connectivity index (χ1n) is 4.33. The zero-order valence-corrected chi connectivity index (χ0v) is 8.80. The number of pyridine rings is 1. The van der Waals surface area contributed by atoms with E-state index in [0.29, 0.717) is 15.4 Å². The largest absolute Gasteiger partial charge is 0.329 e. The minimum Gasteiger partial charge on any atom is -0.329 e. The van der Waals surface area contributed by atoms with Crippen molar-refractivity contribution in [1.82, 2.24) is 9.97 Å². The second-order valence-corrected chi connectivity index (χ2v) is 4.03. The molecule has 15 heavy (non-hydrogen) atoms. The van der Waals surface area contributed by atoms with Crippen molar-refractivity contribution < 1.29 is 4.79 Å². The van der Waals surface area contributed by atoms with Gasteiger partial charge in [-0.3, -0.25) is 9.59 Å². The first-order chi connectivity index (χ1) is 7.18. The molecule has 0 saturated carbocycles. The number of ketones is 1. The average molecular weight is 220 g/mol. The van der Waals surface area contributed by atoms with Crippen LogP contribution in [0.3, 0.4) is 0 Å². The van der Waals surface area contributed by atoms with Gasteiger partial charge in [0.25, 0.3) is 5.56 Å². The molecule has 0 amide bonds. The summed E-state index contributed by atoms with van der Waals surface area (Å²) in [7, 11) is 0. The first-order valence-corrected chi connectivity index (χ1v) is 5.15. The fraction of sp³-hybridized carbons (Fsp3) is 0.100. The van der Waals surface area contributed by atoms with E-state index in [1.165, 1.54) is 24.5 Å². The summed E-state index contributed by atoms with van der Waals surface area (Å²) in [6.07, 6.45) is 3.06. The molecule has 5 heteroatoms. The van der Waals surface area contributed by atoms with Crippen LogP contribution in [0.1, 0.15) is 16.6 Å². The van der Waals surface area contributed by atoms with E-state index in [-0.39, 0.29) is 11.3 Å². The molecule has 0 aliphatic heterocycles. The molecule has 4 nitrogen and oxygen atoms in total. The normalized spacial score (nSPS) is 10.2. The van der Waals surface area contributed by atoms with E-state index < -0.39 is 0 Å². The molecule has 0 spiro atoms. The van der Waals surface area contributed by atoms with Gasteiger partial charge in [-0.05, 0) is 12.1 Å². The molecule has 0 unspecified atom stereocenters. The smallest absolute Gasteiger partial charge is 0.258 e. The Kier molecular flexibility index (Phi) is 2.47. The fourth-order valence-electron chi connectivity index (χ4n) is 1.15. The van der Waals surface area contributed by atoms with Crippen LogP contribution in [0.2, 0.25) is 0 Å². The van der Waals surface area contributed by atoms with Crippen molar-refractivity contribution >= 4 is 17.1 Å². The summed E-state index contributed by atoms with van der Waals surface area (Å²) in [5.41, 5.74) is 0.303. The fourth-order valence-corrected chi connectivity index (χ4v) is 1.98. The van der Waals surface area contributed by atoms with Gasteiger partial charge in [-0.25, -0.2) is 4.98 Å². The molecule has 0 fully saturated rings. The first kappa shape index (κ1) is 9.79. The molecule has 0 bridgehead atoms. The number of Topliss-reactive ketones (excluding diaryl/α,β-unsaturated/α-hetero) is 1. The molecule has 0 saturated heterocycles. The predicted octanol–water partition coefficient (Wildman–Crippen LogP) is 1.70. The second-order valence-electron chi connectivity index (χ2n) is 3.00. The molecule has 76 valence electrons. The topological polar surface area (TPSA) is 62.8 Å². The maximum atomic E-state index is 11.4. The second kappa shape index (κ2) is 3.78. The van der Waals surface area contributed by atoms with Gasteiger partial charge in [0.2, 0.25) is 0 Å². The molecular formula is C10H8N2O2S. The Hall–Kier alpha value is -1.75. The van der Waals surface area contributed by atoms with E-state index in [1.807, 2.05) is 0 Å². The number of carbonyl (C=O) groups excluding carboxylic acids is 1. The molecule has 1 N–H and O–H groups in total. The third-order valence-corrected chi connectivity index (χ3v) is 3.03. The Labute approximate surface area is 89.6 Å². The Bertz CT molecular complexity index is 556. The minimum atomic E-state index is -0.193. The third kappa shape index (κ3) is 1.87. The summed E-state index contributed by atoms with van der Waals surface area (Å²) in [4.78, 5) is 29.7. The maximum absolute atomic E-state index is 11.4. The maximum Gasteiger partial charge on any atom is 0.258 e. The van der Waals surface area contributed by atoms with Crippen molar-refractivity contribution in [3.05, 3.63) is 39.8 Å². The highest BCUT2D eigenvalue weighted by molar-refractivity contribution is 7.16. The summed E-state index contributed by atoms with van der Waals surface area (Å²) < 4.78 is 0. The van der Waals surface area contributed by atoms with Gasteiger partial charge in [0, 0.05) is 19.3 Å². The van der Waals surface area contributed by atoms with Crippen LogP contribution in [-0.4, -0.2) is 15.8 Å². The van der Waals surface area contributed by atoms with Crippen LogP contribution < -0.4 is 5.56 Å². The van der Waals surface area contributed by atoms with Gasteiger partial charge in [0.05, 0.1) is 10.4 Å². The van der Waals surface area contributed by atoms with E-state index in [9.17, 15) is 9.59 Å². The molecule has 0 aliphatic rings. The van der Waals surface area contributed by atoms with E-state index in [4.69, 9.17) is 0 Å². The number of H-pyrrole nitrogens is 1. The quantitative estimate of drug-likeness (QED) is 0.783. The van der Waals surface area contributed by atoms with Crippen molar-refractivity contribution in [2.75, 3.05) is 0 Å². The Morgan fingerprint density at radius 3 is 2.93 bits per heavy atom. The molecule has 0 radical (unpaired) electrons. The van der Waals surface area contributed by atoms with Crippen LogP contribution in [-0.2, 0) is 0 Å². The highest BCUT2D eigenvalue weighted by atomic mass is 32.1. The summed E-state index contributed by atoms with van der Waals surface area (Å²) in [5.74, 6) is -0.0360. The molecule has 2 aromatic heterocycles. The number of thiazole rings is 1. The Balaban J connectivity index is 2.51. The van der Waals surface area contributed by atoms with Gasteiger partial charge in [0.1, 0.15) is 5.01 Å². The highest BCUT2D eigenvalue weighted by Gasteiger charge is 2.09. The van der Waals surface area contributed by atoms with Crippen LogP contribution in [0.4, 0.5) is 0 Å². The minimum absolute atomic E-state index is 0.0360. The van der Waals surface area contributed by atoms with Gasteiger partial charge in [-0.1, -0.05) is 0 Å². The Morgan fingerprint density at radius 2 is 2.33 bits per heavy atom. The van der Waals surface area contributed by atoms with Gasteiger partial charge in [-0.15, -0.1) is 11.3 Å². The summed E-state index contributed by atoms with van der Waals surface area (Å²) in [6.45, 7) is 1.48. The summed E-state index contributed by atoms with van der Waals surface area (Å²) in [6, 6.07) is 3.41. The predicted molar refractivity (Wildman–Crippen MR) is 58.2 cm³/mol. The molecule has 0 aliphatic carbocycles.